The molecule has 20 heavy (non-hydrogen) atoms. The topological polar surface area (TPSA) is 32.3 Å². The summed E-state index contributed by atoms with van der Waals surface area (Å²) < 4.78 is 0. The molecule has 3 nitrogen and oxygen atoms in total. The SMILES string of the molecule is CC1CCCCC1NC(=O)N(C)Cc1ccc(Cl)cc1. The molecule has 1 aliphatic carbocycles. The monoisotopic (exact) mass is 294 g/mol. The lowest BCUT2D eigenvalue weighted by Gasteiger charge is -2.31. The van der Waals surface area contributed by atoms with Crippen LogP contribution in [0.5, 0.6) is 0 Å². The van der Waals surface area contributed by atoms with Gasteiger partial charge in [0.25, 0.3) is 0 Å². The first-order valence-corrected chi connectivity index (χ1v) is 7.70. The Morgan fingerprint density at radius 3 is 2.60 bits per heavy atom. The van der Waals surface area contributed by atoms with Crippen LogP contribution in [0.25, 0.3) is 0 Å². The normalized spacial score (nSPS) is 22.4. The summed E-state index contributed by atoms with van der Waals surface area (Å²) in [6, 6.07) is 7.95. The van der Waals surface area contributed by atoms with Gasteiger partial charge in [0.2, 0.25) is 0 Å². The van der Waals surface area contributed by atoms with E-state index in [1.54, 1.807) is 4.90 Å². The van der Waals surface area contributed by atoms with E-state index in [-0.39, 0.29) is 6.03 Å². The first-order chi connectivity index (χ1) is 9.56. The lowest BCUT2D eigenvalue weighted by molar-refractivity contribution is 0.190. The molecule has 1 aromatic carbocycles. The van der Waals surface area contributed by atoms with Crippen molar-refractivity contribution in [2.75, 3.05) is 7.05 Å². The smallest absolute Gasteiger partial charge is 0.317 e. The molecule has 2 unspecified atom stereocenters. The maximum atomic E-state index is 12.2. The predicted molar refractivity (Wildman–Crippen MR) is 82.9 cm³/mol. The second-order valence-electron chi connectivity index (χ2n) is 5.80. The molecule has 1 aliphatic rings. The van der Waals surface area contributed by atoms with Crippen molar-refractivity contribution >= 4 is 17.6 Å². The Kier molecular flexibility index (Phi) is 5.30. The van der Waals surface area contributed by atoms with Gasteiger partial charge in [0.15, 0.2) is 0 Å². The second-order valence-corrected chi connectivity index (χ2v) is 6.24. The van der Waals surface area contributed by atoms with E-state index in [4.69, 9.17) is 11.6 Å². The summed E-state index contributed by atoms with van der Waals surface area (Å²) >= 11 is 5.86. The van der Waals surface area contributed by atoms with E-state index in [1.165, 1.54) is 19.3 Å². The minimum Gasteiger partial charge on any atom is -0.335 e. The number of urea groups is 1. The van der Waals surface area contributed by atoms with Crippen molar-refractivity contribution in [1.29, 1.82) is 0 Å². The molecule has 2 amide bonds. The van der Waals surface area contributed by atoms with Gasteiger partial charge >= 0.3 is 6.03 Å². The van der Waals surface area contributed by atoms with Gasteiger partial charge in [-0.2, -0.15) is 0 Å². The summed E-state index contributed by atoms with van der Waals surface area (Å²) in [4.78, 5) is 13.9. The van der Waals surface area contributed by atoms with Crippen LogP contribution in [0.3, 0.4) is 0 Å². The van der Waals surface area contributed by atoms with Gasteiger partial charge in [-0.25, -0.2) is 4.79 Å². The van der Waals surface area contributed by atoms with Crippen molar-refractivity contribution in [1.82, 2.24) is 10.2 Å². The van der Waals surface area contributed by atoms with E-state index >= 15 is 0 Å². The number of carbonyl (C=O) groups is 1. The predicted octanol–water partition coefficient (Wildman–Crippen LogP) is 4.06. The Hall–Kier alpha value is -1.22. The minimum atomic E-state index is 0.0127. The number of amides is 2. The molecular formula is C16H23ClN2O. The van der Waals surface area contributed by atoms with Crippen LogP contribution in [0.15, 0.2) is 24.3 Å². The number of halogens is 1. The van der Waals surface area contributed by atoms with Crippen molar-refractivity contribution in [3.05, 3.63) is 34.9 Å². The highest BCUT2D eigenvalue weighted by Crippen LogP contribution is 2.23. The van der Waals surface area contributed by atoms with E-state index in [0.717, 1.165) is 17.0 Å². The summed E-state index contributed by atoms with van der Waals surface area (Å²) in [6.45, 7) is 2.83. The van der Waals surface area contributed by atoms with Crippen LogP contribution in [0, 0.1) is 5.92 Å². The largest absolute Gasteiger partial charge is 0.335 e. The first-order valence-electron chi connectivity index (χ1n) is 7.32. The van der Waals surface area contributed by atoms with Gasteiger partial charge in [0.1, 0.15) is 0 Å². The highest BCUT2D eigenvalue weighted by atomic mass is 35.5. The van der Waals surface area contributed by atoms with Crippen molar-refractivity contribution in [2.24, 2.45) is 5.92 Å². The average Bonchev–Trinajstić information content (AvgIpc) is 2.44. The molecule has 4 heteroatoms. The molecule has 0 aromatic heterocycles. The van der Waals surface area contributed by atoms with E-state index in [1.807, 2.05) is 31.3 Å². The van der Waals surface area contributed by atoms with Crippen molar-refractivity contribution in [3.63, 3.8) is 0 Å². The van der Waals surface area contributed by atoms with Gasteiger partial charge in [-0.05, 0) is 36.5 Å². The Morgan fingerprint density at radius 1 is 1.30 bits per heavy atom. The minimum absolute atomic E-state index is 0.0127. The molecule has 1 fully saturated rings. The Balaban J connectivity index is 1.86. The molecule has 2 rings (SSSR count). The van der Waals surface area contributed by atoms with Crippen molar-refractivity contribution < 1.29 is 4.79 Å². The quantitative estimate of drug-likeness (QED) is 0.896. The Bertz CT molecular complexity index is 446. The van der Waals surface area contributed by atoms with Crippen LogP contribution in [-0.2, 0) is 6.54 Å². The number of nitrogens with zero attached hydrogens (tertiary/aromatic N) is 1. The fraction of sp³-hybridized carbons (Fsp3) is 0.562. The number of carbonyl (C=O) groups excluding carboxylic acids is 1. The zero-order valence-electron chi connectivity index (χ0n) is 12.2. The standard InChI is InChI=1S/C16H23ClN2O/c1-12-5-3-4-6-15(12)18-16(20)19(2)11-13-7-9-14(17)10-8-13/h7-10,12,15H,3-6,11H2,1-2H3,(H,18,20). The third-order valence-electron chi connectivity index (χ3n) is 4.10. The van der Waals surface area contributed by atoms with Crippen LogP contribution in [0.1, 0.15) is 38.2 Å². The lowest BCUT2D eigenvalue weighted by atomic mass is 9.86. The molecule has 0 heterocycles. The van der Waals surface area contributed by atoms with Gasteiger partial charge in [0.05, 0.1) is 0 Å². The Labute approximate surface area is 126 Å². The summed E-state index contributed by atoms with van der Waals surface area (Å²) in [5.74, 6) is 0.580. The second kappa shape index (κ2) is 6.98. The summed E-state index contributed by atoms with van der Waals surface area (Å²) in [7, 11) is 1.83. The van der Waals surface area contributed by atoms with Gasteiger partial charge in [-0.3, -0.25) is 0 Å². The van der Waals surface area contributed by atoms with Crippen LogP contribution in [0.2, 0.25) is 5.02 Å². The molecule has 0 saturated heterocycles. The third-order valence-corrected chi connectivity index (χ3v) is 4.35. The van der Waals surface area contributed by atoms with Crippen LogP contribution < -0.4 is 5.32 Å². The zero-order valence-corrected chi connectivity index (χ0v) is 13.0. The molecule has 1 saturated carbocycles. The third kappa shape index (κ3) is 4.14. The van der Waals surface area contributed by atoms with Crippen molar-refractivity contribution in [3.8, 4) is 0 Å². The maximum Gasteiger partial charge on any atom is 0.317 e. The number of hydrogen-bond donors (Lipinski definition) is 1. The van der Waals surface area contributed by atoms with Gasteiger partial charge in [0, 0.05) is 24.7 Å². The number of hydrogen-bond acceptors (Lipinski definition) is 1. The van der Waals surface area contributed by atoms with E-state index in [0.29, 0.717) is 18.5 Å². The van der Waals surface area contributed by atoms with Crippen LogP contribution in [-0.4, -0.2) is 24.0 Å². The van der Waals surface area contributed by atoms with E-state index in [2.05, 4.69) is 12.2 Å². The number of benzene rings is 1. The molecule has 0 spiro atoms. The van der Waals surface area contributed by atoms with Gasteiger partial charge < -0.3 is 10.2 Å². The number of rotatable bonds is 3. The molecule has 0 bridgehead atoms. The maximum absolute atomic E-state index is 12.2. The summed E-state index contributed by atoms with van der Waals surface area (Å²) in [5, 5.41) is 3.88. The van der Waals surface area contributed by atoms with Crippen LogP contribution in [0.4, 0.5) is 4.79 Å². The van der Waals surface area contributed by atoms with Crippen LogP contribution >= 0.6 is 11.6 Å². The average molecular weight is 295 g/mol. The number of nitrogens with one attached hydrogen (secondary N) is 1. The highest BCUT2D eigenvalue weighted by Gasteiger charge is 2.23. The molecule has 1 aromatic rings. The highest BCUT2D eigenvalue weighted by molar-refractivity contribution is 6.30. The van der Waals surface area contributed by atoms with Gasteiger partial charge in [-0.1, -0.05) is 43.5 Å². The lowest BCUT2D eigenvalue weighted by Crippen LogP contribution is -2.46. The summed E-state index contributed by atoms with van der Waals surface area (Å²) in [6.07, 6.45) is 4.82. The van der Waals surface area contributed by atoms with Gasteiger partial charge in [-0.15, -0.1) is 0 Å². The molecule has 110 valence electrons. The fourth-order valence-corrected chi connectivity index (χ4v) is 2.86. The molecule has 1 N–H and O–H groups in total. The molecule has 0 aliphatic heterocycles. The van der Waals surface area contributed by atoms with E-state index < -0.39 is 0 Å². The molecular weight excluding hydrogens is 272 g/mol. The summed E-state index contributed by atoms with van der Waals surface area (Å²) in [5.41, 5.74) is 1.09. The Morgan fingerprint density at radius 2 is 1.95 bits per heavy atom. The molecule has 0 radical (unpaired) electrons. The zero-order chi connectivity index (χ0) is 14.5. The van der Waals surface area contributed by atoms with E-state index in [9.17, 15) is 4.79 Å². The molecule has 2 atom stereocenters. The first kappa shape index (κ1) is 15.2. The fourth-order valence-electron chi connectivity index (χ4n) is 2.73. The van der Waals surface area contributed by atoms with Crippen molar-refractivity contribution in [2.45, 2.75) is 45.2 Å².